The van der Waals surface area contributed by atoms with Crippen LogP contribution in [0.1, 0.15) is 21.8 Å². The summed E-state index contributed by atoms with van der Waals surface area (Å²) in [5, 5.41) is 15.3. The molecule has 0 fully saturated rings. The quantitative estimate of drug-likeness (QED) is 0.825. The molecule has 0 atom stereocenters. The summed E-state index contributed by atoms with van der Waals surface area (Å²) in [4.78, 5) is 15.6. The maximum atomic E-state index is 11.8. The van der Waals surface area contributed by atoms with Crippen molar-refractivity contribution in [3.63, 3.8) is 0 Å². The molecule has 7 heteroatoms. The second kappa shape index (κ2) is 4.09. The van der Waals surface area contributed by atoms with Crippen LogP contribution in [0, 0.1) is 18.3 Å². The van der Waals surface area contributed by atoms with Gasteiger partial charge in [0.1, 0.15) is 11.6 Å². The molecule has 7 nitrogen and oxygen atoms in total. The van der Waals surface area contributed by atoms with Crippen LogP contribution >= 0.6 is 0 Å². The van der Waals surface area contributed by atoms with E-state index in [0.29, 0.717) is 5.69 Å². The summed E-state index contributed by atoms with van der Waals surface area (Å²) in [5.74, 6) is -0.162. The Morgan fingerprint density at radius 2 is 2.41 bits per heavy atom. The normalized spacial score (nSPS) is 9.94. The van der Waals surface area contributed by atoms with E-state index in [1.807, 2.05) is 6.07 Å². The van der Waals surface area contributed by atoms with Crippen LogP contribution in [0.15, 0.2) is 17.0 Å². The molecule has 0 saturated carbocycles. The lowest BCUT2D eigenvalue weighted by Crippen LogP contribution is -2.13. The monoisotopic (exact) mass is 231 g/mol. The van der Waals surface area contributed by atoms with Gasteiger partial charge >= 0.3 is 0 Å². The number of amides is 1. The van der Waals surface area contributed by atoms with E-state index in [2.05, 4.69) is 15.4 Å². The van der Waals surface area contributed by atoms with Crippen molar-refractivity contribution < 1.29 is 9.21 Å². The topological polar surface area (TPSA) is 96.7 Å². The molecular weight excluding hydrogens is 222 g/mol. The fourth-order valence-corrected chi connectivity index (χ4v) is 1.35. The average Bonchev–Trinajstić information content (AvgIpc) is 2.84. The summed E-state index contributed by atoms with van der Waals surface area (Å²) in [7, 11) is 1.66. The number of hydrogen-bond acceptors (Lipinski definition) is 5. The average molecular weight is 231 g/mol. The minimum atomic E-state index is -0.477. The van der Waals surface area contributed by atoms with Crippen LogP contribution in [-0.4, -0.2) is 20.7 Å². The first-order chi connectivity index (χ1) is 8.11. The maximum absolute atomic E-state index is 11.8. The zero-order chi connectivity index (χ0) is 12.4. The summed E-state index contributed by atoms with van der Waals surface area (Å²) < 4.78 is 6.38. The zero-order valence-electron chi connectivity index (χ0n) is 9.26. The highest BCUT2D eigenvalue weighted by molar-refractivity contribution is 6.02. The highest BCUT2D eigenvalue weighted by atomic mass is 16.3. The van der Waals surface area contributed by atoms with E-state index in [4.69, 9.17) is 9.68 Å². The number of hydrogen-bond donors (Lipinski definition) is 1. The van der Waals surface area contributed by atoms with E-state index in [1.54, 1.807) is 14.0 Å². The number of aryl methyl sites for hydroxylation is 2. The highest BCUT2D eigenvalue weighted by Gasteiger charge is 2.17. The third-order valence-corrected chi connectivity index (χ3v) is 2.13. The molecule has 0 aromatic carbocycles. The molecule has 0 saturated heterocycles. The molecule has 0 aliphatic rings. The molecular formula is C10H9N5O2. The molecule has 0 aliphatic heterocycles. The number of carbonyl (C=O) groups is 1. The SMILES string of the molecule is Cc1ncoc1C(=O)Nc1nn(C)cc1C#N. The lowest BCUT2D eigenvalue weighted by Gasteiger charge is -1.99. The molecule has 0 bridgehead atoms. The predicted octanol–water partition coefficient (Wildman–Crippen LogP) is 0.840. The van der Waals surface area contributed by atoms with Gasteiger partial charge in [-0.25, -0.2) is 4.98 Å². The third kappa shape index (κ3) is 2.01. The van der Waals surface area contributed by atoms with Crippen molar-refractivity contribution in [3.05, 3.63) is 29.6 Å². The van der Waals surface area contributed by atoms with Crippen LogP contribution in [0.2, 0.25) is 0 Å². The van der Waals surface area contributed by atoms with Gasteiger partial charge in [-0.15, -0.1) is 0 Å². The van der Waals surface area contributed by atoms with Gasteiger partial charge in [-0.2, -0.15) is 10.4 Å². The summed E-state index contributed by atoms with van der Waals surface area (Å²) >= 11 is 0. The van der Waals surface area contributed by atoms with Gasteiger partial charge in [0.2, 0.25) is 5.76 Å². The molecule has 17 heavy (non-hydrogen) atoms. The van der Waals surface area contributed by atoms with Gasteiger partial charge in [0.05, 0.1) is 5.69 Å². The largest absolute Gasteiger partial charge is 0.438 e. The number of aromatic nitrogens is 3. The first-order valence-electron chi connectivity index (χ1n) is 4.77. The van der Waals surface area contributed by atoms with E-state index < -0.39 is 5.91 Å². The van der Waals surface area contributed by atoms with Crippen molar-refractivity contribution in [3.8, 4) is 6.07 Å². The predicted molar refractivity (Wildman–Crippen MR) is 57.1 cm³/mol. The molecule has 2 heterocycles. The maximum Gasteiger partial charge on any atom is 0.294 e. The van der Waals surface area contributed by atoms with E-state index in [-0.39, 0.29) is 17.1 Å². The van der Waals surface area contributed by atoms with Gasteiger partial charge < -0.3 is 9.73 Å². The van der Waals surface area contributed by atoms with Gasteiger partial charge in [0.15, 0.2) is 12.2 Å². The minimum absolute atomic E-state index is 0.111. The summed E-state index contributed by atoms with van der Waals surface area (Å²) in [6.45, 7) is 1.65. The second-order valence-electron chi connectivity index (χ2n) is 3.40. The Kier molecular flexibility index (Phi) is 2.62. The molecule has 0 radical (unpaired) electrons. The Labute approximate surface area is 96.7 Å². The molecule has 0 spiro atoms. The Morgan fingerprint density at radius 3 is 3.00 bits per heavy atom. The first kappa shape index (κ1) is 10.9. The van der Waals surface area contributed by atoms with Crippen molar-refractivity contribution in [2.75, 3.05) is 5.32 Å². The van der Waals surface area contributed by atoms with E-state index in [9.17, 15) is 4.79 Å². The Bertz CT molecular complexity index is 604. The lowest BCUT2D eigenvalue weighted by molar-refractivity contribution is 0.0995. The number of nitrogens with zero attached hydrogens (tertiary/aromatic N) is 4. The van der Waals surface area contributed by atoms with Crippen molar-refractivity contribution in [2.24, 2.45) is 7.05 Å². The molecule has 2 aromatic rings. The molecule has 0 unspecified atom stereocenters. The smallest absolute Gasteiger partial charge is 0.294 e. The second-order valence-corrected chi connectivity index (χ2v) is 3.40. The molecule has 86 valence electrons. The van der Waals surface area contributed by atoms with E-state index in [1.165, 1.54) is 17.3 Å². The van der Waals surface area contributed by atoms with Gasteiger partial charge in [-0.05, 0) is 6.92 Å². The van der Waals surface area contributed by atoms with Crippen LogP contribution in [0.25, 0.3) is 0 Å². The van der Waals surface area contributed by atoms with Crippen LogP contribution in [0.5, 0.6) is 0 Å². The molecule has 1 N–H and O–H groups in total. The number of carbonyl (C=O) groups excluding carboxylic acids is 1. The standard InChI is InChI=1S/C10H9N5O2/c1-6-8(17-5-12-6)10(16)13-9-7(3-11)4-15(2)14-9/h4-5H,1-2H3,(H,13,14,16). The number of oxazole rings is 1. The Balaban J connectivity index is 2.25. The Hall–Kier alpha value is -2.62. The van der Waals surface area contributed by atoms with Crippen LogP contribution < -0.4 is 5.32 Å². The molecule has 0 aliphatic carbocycles. The van der Waals surface area contributed by atoms with Crippen molar-refractivity contribution in [1.29, 1.82) is 5.26 Å². The number of rotatable bonds is 2. The molecule has 2 aromatic heterocycles. The lowest BCUT2D eigenvalue weighted by atomic mass is 10.3. The van der Waals surface area contributed by atoms with Crippen molar-refractivity contribution in [2.45, 2.75) is 6.92 Å². The van der Waals surface area contributed by atoms with Gasteiger partial charge in [-0.3, -0.25) is 9.48 Å². The summed E-state index contributed by atoms with van der Waals surface area (Å²) in [6.07, 6.45) is 2.71. The molecule has 1 amide bonds. The van der Waals surface area contributed by atoms with Crippen LogP contribution in [-0.2, 0) is 7.05 Å². The van der Waals surface area contributed by atoms with Crippen LogP contribution in [0.3, 0.4) is 0 Å². The van der Waals surface area contributed by atoms with Gasteiger partial charge in [-0.1, -0.05) is 0 Å². The third-order valence-electron chi connectivity index (χ3n) is 2.13. The van der Waals surface area contributed by atoms with E-state index >= 15 is 0 Å². The fourth-order valence-electron chi connectivity index (χ4n) is 1.35. The Morgan fingerprint density at radius 1 is 1.65 bits per heavy atom. The highest BCUT2D eigenvalue weighted by Crippen LogP contribution is 2.13. The number of anilines is 1. The first-order valence-corrected chi connectivity index (χ1v) is 4.77. The van der Waals surface area contributed by atoms with E-state index in [0.717, 1.165) is 0 Å². The van der Waals surface area contributed by atoms with Crippen molar-refractivity contribution >= 4 is 11.7 Å². The zero-order valence-corrected chi connectivity index (χ0v) is 9.26. The van der Waals surface area contributed by atoms with Crippen molar-refractivity contribution in [1.82, 2.24) is 14.8 Å². The number of nitrogens with one attached hydrogen (secondary N) is 1. The van der Waals surface area contributed by atoms with Gasteiger partial charge in [0, 0.05) is 13.2 Å². The fraction of sp³-hybridized carbons (Fsp3) is 0.200. The number of nitriles is 1. The molecule has 2 rings (SSSR count). The summed E-state index contributed by atoms with van der Waals surface area (Å²) in [5.41, 5.74) is 0.773. The summed E-state index contributed by atoms with van der Waals surface area (Å²) in [6, 6.07) is 1.94. The minimum Gasteiger partial charge on any atom is -0.438 e. The van der Waals surface area contributed by atoms with Gasteiger partial charge in [0.25, 0.3) is 5.91 Å². The van der Waals surface area contributed by atoms with Crippen LogP contribution in [0.4, 0.5) is 5.82 Å².